The highest BCUT2D eigenvalue weighted by atomic mass is 32.1. The Morgan fingerprint density at radius 3 is 2.78 bits per heavy atom. The molecule has 0 aliphatic heterocycles. The van der Waals surface area contributed by atoms with E-state index in [9.17, 15) is 0 Å². The first-order valence-electron chi connectivity index (χ1n) is 5.85. The molecule has 5 heteroatoms. The predicted octanol–water partition coefficient (Wildman–Crippen LogP) is 2.87. The van der Waals surface area contributed by atoms with Gasteiger partial charge in [-0.05, 0) is 43.3 Å². The van der Waals surface area contributed by atoms with Gasteiger partial charge in [0.15, 0.2) is 10.6 Å². The zero-order chi connectivity index (χ0) is 13.1. The minimum Gasteiger partial charge on any atom is -0.383 e. The molecule has 0 spiro atoms. The van der Waals surface area contributed by atoms with E-state index in [0.29, 0.717) is 17.9 Å². The van der Waals surface area contributed by atoms with Gasteiger partial charge in [0.25, 0.3) is 0 Å². The van der Waals surface area contributed by atoms with Crippen LogP contribution in [0.5, 0.6) is 0 Å². The minimum absolute atomic E-state index is 0.617. The molecule has 0 unspecified atom stereocenters. The highest BCUT2D eigenvalue weighted by molar-refractivity contribution is 7.71. The van der Waals surface area contributed by atoms with Crippen LogP contribution in [-0.2, 0) is 11.3 Å². The standard InChI is InChI=1S/C13H17N3OS/c1-9-4-5-11(8-10(9)2)12-14-15-13(18)16(12)6-7-17-3/h4-5,8H,6-7H2,1-3H3,(H,15,18). The number of hydrogen-bond acceptors (Lipinski definition) is 3. The second kappa shape index (κ2) is 5.46. The van der Waals surface area contributed by atoms with Crippen LogP contribution in [0.4, 0.5) is 0 Å². The van der Waals surface area contributed by atoms with Gasteiger partial charge in [0, 0.05) is 12.7 Å². The van der Waals surface area contributed by atoms with E-state index in [1.807, 2.05) is 4.57 Å². The van der Waals surface area contributed by atoms with Crippen LogP contribution in [0.15, 0.2) is 18.2 Å². The van der Waals surface area contributed by atoms with E-state index in [4.69, 9.17) is 17.0 Å². The fraction of sp³-hybridized carbons (Fsp3) is 0.385. The summed E-state index contributed by atoms with van der Waals surface area (Å²) in [5, 5.41) is 7.14. The third kappa shape index (κ3) is 2.52. The zero-order valence-corrected chi connectivity index (χ0v) is 11.7. The fourth-order valence-corrected chi connectivity index (χ4v) is 2.03. The Hall–Kier alpha value is -1.46. The van der Waals surface area contributed by atoms with Crippen molar-refractivity contribution in [2.45, 2.75) is 20.4 Å². The molecule has 4 nitrogen and oxygen atoms in total. The number of aryl methyl sites for hydroxylation is 2. The van der Waals surface area contributed by atoms with Gasteiger partial charge in [-0.2, -0.15) is 5.10 Å². The van der Waals surface area contributed by atoms with Crippen LogP contribution in [0, 0.1) is 18.6 Å². The maximum absolute atomic E-state index is 5.23. The molecule has 18 heavy (non-hydrogen) atoms. The molecule has 0 atom stereocenters. The van der Waals surface area contributed by atoms with E-state index >= 15 is 0 Å². The molecule has 1 N–H and O–H groups in total. The van der Waals surface area contributed by atoms with Crippen molar-refractivity contribution in [1.29, 1.82) is 0 Å². The number of aromatic amines is 1. The Balaban J connectivity index is 2.43. The van der Waals surface area contributed by atoms with Gasteiger partial charge in [-0.3, -0.25) is 9.67 Å². The van der Waals surface area contributed by atoms with E-state index < -0.39 is 0 Å². The molecule has 0 aliphatic carbocycles. The van der Waals surface area contributed by atoms with Crippen LogP contribution in [-0.4, -0.2) is 28.5 Å². The van der Waals surface area contributed by atoms with Gasteiger partial charge in [-0.25, -0.2) is 0 Å². The molecule has 0 saturated carbocycles. The maximum Gasteiger partial charge on any atom is 0.195 e. The molecule has 0 saturated heterocycles. The van der Waals surface area contributed by atoms with Crippen molar-refractivity contribution in [1.82, 2.24) is 14.8 Å². The number of ether oxygens (including phenoxy) is 1. The topological polar surface area (TPSA) is 42.8 Å². The van der Waals surface area contributed by atoms with Crippen molar-refractivity contribution < 1.29 is 4.74 Å². The third-order valence-corrected chi connectivity index (χ3v) is 3.35. The number of benzene rings is 1. The lowest BCUT2D eigenvalue weighted by atomic mass is 10.1. The van der Waals surface area contributed by atoms with Gasteiger partial charge >= 0.3 is 0 Å². The Bertz CT molecular complexity index is 601. The van der Waals surface area contributed by atoms with Crippen molar-refractivity contribution in [2.75, 3.05) is 13.7 Å². The molecular formula is C13H17N3OS. The summed E-state index contributed by atoms with van der Waals surface area (Å²) in [5.41, 5.74) is 3.59. The van der Waals surface area contributed by atoms with Crippen LogP contribution in [0.25, 0.3) is 11.4 Å². The molecule has 0 amide bonds. The van der Waals surface area contributed by atoms with Gasteiger partial charge in [0.2, 0.25) is 0 Å². The Morgan fingerprint density at radius 1 is 1.33 bits per heavy atom. The van der Waals surface area contributed by atoms with E-state index in [2.05, 4.69) is 42.2 Å². The van der Waals surface area contributed by atoms with Crippen molar-refractivity contribution in [3.8, 4) is 11.4 Å². The third-order valence-electron chi connectivity index (χ3n) is 3.04. The lowest BCUT2D eigenvalue weighted by molar-refractivity contribution is 0.187. The summed E-state index contributed by atoms with van der Waals surface area (Å²) >= 11 is 5.23. The molecule has 96 valence electrons. The fourth-order valence-electron chi connectivity index (χ4n) is 1.81. The van der Waals surface area contributed by atoms with Crippen LogP contribution < -0.4 is 0 Å². The molecule has 1 heterocycles. The first-order valence-corrected chi connectivity index (χ1v) is 6.26. The monoisotopic (exact) mass is 263 g/mol. The zero-order valence-electron chi connectivity index (χ0n) is 10.9. The van der Waals surface area contributed by atoms with Gasteiger partial charge in [-0.1, -0.05) is 12.1 Å². The summed E-state index contributed by atoms with van der Waals surface area (Å²) < 4.78 is 7.68. The van der Waals surface area contributed by atoms with Crippen molar-refractivity contribution >= 4 is 12.2 Å². The average molecular weight is 263 g/mol. The SMILES string of the molecule is COCCn1c(-c2ccc(C)c(C)c2)n[nH]c1=S. The predicted molar refractivity (Wildman–Crippen MR) is 74.2 cm³/mol. The van der Waals surface area contributed by atoms with Crippen molar-refractivity contribution in [2.24, 2.45) is 0 Å². The first-order chi connectivity index (χ1) is 8.63. The maximum atomic E-state index is 5.23. The van der Waals surface area contributed by atoms with Gasteiger partial charge in [0.1, 0.15) is 0 Å². The molecule has 0 bridgehead atoms. The van der Waals surface area contributed by atoms with Crippen molar-refractivity contribution in [3.05, 3.63) is 34.1 Å². The molecule has 1 aromatic carbocycles. The van der Waals surface area contributed by atoms with E-state index in [1.165, 1.54) is 11.1 Å². The first kappa shape index (κ1) is 13.0. The van der Waals surface area contributed by atoms with E-state index in [-0.39, 0.29) is 0 Å². The van der Waals surface area contributed by atoms with Crippen LogP contribution in [0.3, 0.4) is 0 Å². The molecule has 0 aliphatic rings. The van der Waals surface area contributed by atoms with Crippen LogP contribution in [0.2, 0.25) is 0 Å². The quantitative estimate of drug-likeness (QED) is 0.863. The molecule has 2 aromatic rings. The highest BCUT2D eigenvalue weighted by Gasteiger charge is 2.09. The lowest BCUT2D eigenvalue weighted by Gasteiger charge is -2.07. The molecule has 1 aromatic heterocycles. The smallest absolute Gasteiger partial charge is 0.195 e. The Labute approximate surface area is 112 Å². The normalized spacial score (nSPS) is 10.8. The van der Waals surface area contributed by atoms with Gasteiger partial charge in [0.05, 0.1) is 13.2 Å². The second-order valence-electron chi connectivity index (χ2n) is 4.30. The number of rotatable bonds is 4. The van der Waals surface area contributed by atoms with E-state index in [1.54, 1.807) is 7.11 Å². The molecule has 0 fully saturated rings. The number of nitrogens with one attached hydrogen (secondary N) is 1. The summed E-state index contributed by atoms with van der Waals surface area (Å²) in [6.07, 6.45) is 0. The van der Waals surface area contributed by atoms with Crippen molar-refractivity contribution in [3.63, 3.8) is 0 Å². The summed E-state index contributed by atoms with van der Waals surface area (Å²) in [6.45, 7) is 5.51. The average Bonchev–Trinajstić information content (AvgIpc) is 2.72. The van der Waals surface area contributed by atoms with Gasteiger partial charge in [-0.15, -0.1) is 0 Å². The Morgan fingerprint density at radius 2 is 2.11 bits per heavy atom. The number of nitrogens with zero attached hydrogens (tertiary/aromatic N) is 2. The Kier molecular flexibility index (Phi) is 3.93. The summed E-state index contributed by atoms with van der Waals surface area (Å²) in [5.74, 6) is 0.861. The number of aromatic nitrogens is 3. The largest absolute Gasteiger partial charge is 0.383 e. The number of H-pyrrole nitrogens is 1. The molecular weight excluding hydrogens is 246 g/mol. The lowest BCUT2D eigenvalue weighted by Crippen LogP contribution is -2.06. The second-order valence-corrected chi connectivity index (χ2v) is 4.68. The van der Waals surface area contributed by atoms with Crippen LogP contribution >= 0.6 is 12.2 Å². The summed E-state index contributed by atoms with van der Waals surface area (Å²) in [7, 11) is 1.68. The summed E-state index contributed by atoms with van der Waals surface area (Å²) in [6, 6.07) is 6.29. The minimum atomic E-state index is 0.617. The molecule has 0 radical (unpaired) electrons. The van der Waals surface area contributed by atoms with Crippen LogP contribution in [0.1, 0.15) is 11.1 Å². The van der Waals surface area contributed by atoms with Gasteiger partial charge < -0.3 is 4.74 Å². The van der Waals surface area contributed by atoms with E-state index in [0.717, 1.165) is 11.4 Å². The number of hydrogen-bond donors (Lipinski definition) is 1. The molecule has 2 rings (SSSR count). The highest BCUT2D eigenvalue weighted by Crippen LogP contribution is 2.20. The number of methoxy groups -OCH3 is 1. The summed E-state index contributed by atoms with van der Waals surface area (Å²) in [4.78, 5) is 0.